The minimum absolute atomic E-state index is 0.121. The van der Waals surface area contributed by atoms with E-state index in [1.54, 1.807) is 0 Å². The van der Waals surface area contributed by atoms with Gasteiger partial charge >= 0.3 is 11.7 Å². The zero-order valence-electron chi connectivity index (χ0n) is 9.38. The smallest absolute Gasteiger partial charge is 0.310 e. The van der Waals surface area contributed by atoms with Gasteiger partial charge in [0.05, 0.1) is 18.0 Å². The fraction of sp³-hybridized carbons (Fsp3) is 0.364. The predicted octanol–water partition coefficient (Wildman–Crippen LogP) is 2.01. The Bertz CT molecular complexity index is 430. The van der Waals surface area contributed by atoms with Gasteiger partial charge in [-0.05, 0) is 18.1 Å². The van der Waals surface area contributed by atoms with Gasteiger partial charge in [-0.1, -0.05) is 13.0 Å². The third-order valence-electron chi connectivity index (χ3n) is 2.04. The summed E-state index contributed by atoms with van der Waals surface area (Å²) in [6, 6.07) is 4.09. The van der Waals surface area contributed by atoms with E-state index in [1.807, 2.05) is 6.92 Å². The van der Waals surface area contributed by atoms with Crippen LogP contribution in [0.15, 0.2) is 18.2 Å². The molecule has 1 rings (SSSR count). The molecule has 0 heterocycles. The number of hydrogen-bond acceptors (Lipinski definition) is 4. The second kappa shape index (κ2) is 5.83. The van der Waals surface area contributed by atoms with E-state index in [0.717, 1.165) is 6.42 Å². The highest BCUT2D eigenvalue weighted by molar-refractivity contribution is 5.70. The van der Waals surface area contributed by atoms with Crippen LogP contribution >= 0.6 is 0 Å². The molecular formula is C11H13NO5. The molecular weight excluding hydrogens is 226 g/mol. The van der Waals surface area contributed by atoms with Crippen LogP contribution in [0.25, 0.3) is 0 Å². The fourth-order valence-corrected chi connectivity index (χ4v) is 1.32. The second-order valence-electron chi connectivity index (χ2n) is 3.48. The number of nitro groups is 1. The van der Waals surface area contributed by atoms with Gasteiger partial charge in [0.25, 0.3) is 0 Å². The molecule has 6 heteroatoms. The van der Waals surface area contributed by atoms with E-state index >= 15 is 0 Å². The Morgan fingerprint density at radius 2 is 2.24 bits per heavy atom. The first-order valence-corrected chi connectivity index (χ1v) is 5.16. The lowest BCUT2D eigenvalue weighted by atomic mass is 10.1. The molecule has 6 nitrogen and oxygen atoms in total. The van der Waals surface area contributed by atoms with Crippen molar-refractivity contribution in [3.63, 3.8) is 0 Å². The normalized spacial score (nSPS) is 9.94. The summed E-state index contributed by atoms with van der Waals surface area (Å²) in [5, 5.41) is 19.4. The van der Waals surface area contributed by atoms with E-state index in [9.17, 15) is 14.9 Å². The number of carboxylic acid groups (broad SMARTS) is 1. The number of aliphatic carboxylic acids is 1. The Morgan fingerprint density at radius 3 is 2.76 bits per heavy atom. The quantitative estimate of drug-likeness (QED) is 0.605. The van der Waals surface area contributed by atoms with E-state index in [0.29, 0.717) is 12.2 Å². The minimum Gasteiger partial charge on any atom is -0.487 e. The molecule has 92 valence electrons. The van der Waals surface area contributed by atoms with Gasteiger partial charge in [0, 0.05) is 6.07 Å². The number of rotatable bonds is 6. The Labute approximate surface area is 98.0 Å². The number of nitrogens with zero attached hydrogens (tertiary/aromatic N) is 1. The molecule has 0 unspecified atom stereocenters. The van der Waals surface area contributed by atoms with Gasteiger partial charge < -0.3 is 9.84 Å². The maximum absolute atomic E-state index is 10.7. The topological polar surface area (TPSA) is 89.7 Å². The molecule has 1 aromatic rings. The zero-order valence-corrected chi connectivity index (χ0v) is 9.38. The van der Waals surface area contributed by atoms with Crippen molar-refractivity contribution < 1.29 is 19.6 Å². The van der Waals surface area contributed by atoms with Crippen LogP contribution in [-0.4, -0.2) is 22.6 Å². The lowest BCUT2D eigenvalue weighted by Gasteiger charge is -2.06. The summed E-state index contributed by atoms with van der Waals surface area (Å²) in [5.74, 6) is -0.865. The van der Waals surface area contributed by atoms with Crippen LogP contribution in [0.4, 0.5) is 5.69 Å². The number of hydrogen-bond donors (Lipinski definition) is 1. The van der Waals surface area contributed by atoms with Crippen LogP contribution in [-0.2, 0) is 11.2 Å². The number of benzene rings is 1. The van der Waals surface area contributed by atoms with Crippen LogP contribution < -0.4 is 4.74 Å². The third kappa shape index (κ3) is 3.75. The lowest BCUT2D eigenvalue weighted by Crippen LogP contribution is -2.03. The highest BCUT2D eigenvalue weighted by Gasteiger charge is 2.16. The number of ether oxygens (including phenoxy) is 1. The molecule has 1 N–H and O–H groups in total. The number of nitro benzene ring substituents is 1. The number of carboxylic acids is 1. The van der Waals surface area contributed by atoms with Crippen molar-refractivity contribution in [3.8, 4) is 5.75 Å². The Hall–Kier alpha value is -2.11. The van der Waals surface area contributed by atoms with Crippen LogP contribution in [0.2, 0.25) is 0 Å². The molecule has 0 saturated heterocycles. The first-order valence-electron chi connectivity index (χ1n) is 5.16. The van der Waals surface area contributed by atoms with Gasteiger partial charge in [0.2, 0.25) is 0 Å². The molecule has 0 aliphatic rings. The molecule has 1 aromatic carbocycles. The van der Waals surface area contributed by atoms with Crippen molar-refractivity contribution >= 4 is 11.7 Å². The van der Waals surface area contributed by atoms with Gasteiger partial charge in [-0.3, -0.25) is 14.9 Å². The molecule has 17 heavy (non-hydrogen) atoms. The fourth-order valence-electron chi connectivity index (χ4n) is 1.32. The van der Waals surface area contributed by atoms with E-state index < -0.39 is 10.9 Å². The van der Waals surface area contributed by atoms with Crippen molar-refractivity contribution in [2.45, 2.75) is 19.8 Å². The van der Waals surface area contributed by atoms with Crippen molar-refractivity contribution in [1.82, 2.24) is 0 Å². The third-order valence-corrected chi connectivity index (χ3v) is 2.04. The van der Waals surface area contributed by atoms with E-state index in [4.69, 9.17) is 9.84 Å². The Kier molecular flexibility index (Phi) is 4.45. The SMILES string of the molecule is CCCOc1cc(CC(=O)O)ccc1[N+](=O)[O-]. The maximum Gasteiger partial charge on any atom is 0.310 e. The molecule has 0 saturated carbocycles. The highest BCUT2D eigenvalue weighted by atomic mass is 16.6. The zero-order chi connectivity index (χ0) is 12.8. The largest absolute Gasteiger partial charge is 0.487 e. The van der Waals surface area contributed by atoms with Crippen molar-refractivity contribution in [3.05, 3.63) is 33.9 Å². The molecule has 0 amide bonds. The molecule has 0 aliphatic heterocycles. The van der Waals surface area contributed by atoms with Crippen molar-refractivity contribution in [2.24, 2.45) is 0 Å². The first-order chi connectivity index (χ1) is 8.04. The van der Waals surface area contributed by atoms with Crippen LogP contribution in [0, 0.1) is 10.1 Å². The Balaban J connectivity index is 3.00. The van der Waals surface area contributed by atoms with Crippen LogP contribution in [0.3, 0.4) is 0 Å². The van der Waals surface area contributed by atoms with Gasteiger partial charge in [0.1, 0.15) is 0 Å². The minimum atomic E-state index is -0.986. The molecule has 0 spiro atoms. The molecule has 0 bridgehead atoms. The molecule has 0 atom stereocenters. The van der Waals surface area contributed by atoms with Crippen LogP contribution in [0.1, 0.15) is 18.9 Å². The molecule has 0 fully saturated rings. The van der Waals surface area contributed by atoms with Crippen LogP contribution in [0.5, 0.6) is 5.75 Å². The van der Waals surface area contributed by atoms with Crippen molar-refractivity contribution in [1.29, 1.82) is 0 Å². The second-order valence-corrected chi connectivity index (χ2v) is 3.48. The number of carbonyl (C=O) groups is 1. The van der Waals surface area contributed by atoms with E-state index in [-0.39, 0.29) is 17.9 Å². The van der Waals surface area contributed by atoms with Gasteiger partial charge in [-0.25, -0.2) is 0 Å². The average molecular weight is 239 g/mol. The summed E-state index contributed by atoms with van der Waals surface area (Å²) in [7, 11) is 0. The van der Waals surface area contributed by atoms with Crippen molar-refractivity contribution in [2.75, 3.05) is 6.61 Å². The van der Waals surface area contributed by atoms with E-state index in [2.05, 4.69) is 0 Å². The summed E-state index contributed by atoms with van der Waals surface area (Å²) in [6.07, 6.45) is 0.542. The standard InChI is InChI=1S/C11H13NO5/c1-2-5-17-10-6-8(7-11(13)14)3-4-9(10)12(15)16/h3-4,6H,2,5,7H2,1H3,(H,13,14). The highest BCUT2D eigenvalue weighted by Crippen LogP contribution is 2.28. The monoisotopic (exact) mass is 239 g/mol. The Morgan fingerprint density at radius 1 is 1.53 bits per heavy atom. The molecule has 0 aromatic heterocycles. The van der Waals surface area contributed by atoms with Gasteiger partial charge in [-0.15, -0.1) is 0 Å². The van der Waals surface area contributed by atoms with E-state index in [1.165, 1.54) is 18.2 Å². The summed E-state index contributed by atoms with van der Waals surface area (Å²) in [4.78, 5) is 20.7. The maximum atomic E-state index is 10.7. The summed E-state index contributed by atoms with van der Waals surface area (Å²) in [6.45, 7) is 2.24. The molecule has 0 radical (unpaired) electrons. The summed E-state index contributed by atoms with van der Waals surface area (Å²) in [5.41, 5.74) is 0.335. The first kappa shape index (κ1) is 13.0. The van der Waals surface area contributed by atoms with Gasteiger partial charge in [0.15, 0.2) is 5.75 Å². The lowest BCUT2D eigenvalue weighted by molar-refractivity contribution is -0.385. The summed E-state index contributed by atoms with van der Waals surface area (Å²) >= 11 is 0. The van der Waals surface area contributed by atoms with Gasteiger partial charge in [-0.2, -0.15) is 0 Å². The average Bonchev–Trinajstić information content (AvgIpc) is 2.25. The molecule has 0 aliphatic carbocycles. The predicted molar refractivity (Wildman–Crippen MR) is 60.2 cm³/mol. The summed E-state index contributed by atoms with van der Waals surface area (Å²) < 4.78 is 5.24.